The maximum absolute atomic E-state index is 12.8. The minimum atomic E-state index is -4.48. The molecule has 8 heteroatoms. The normalized spacial score (nSPS) is 12.0. The zero-order valence-corrected chi connectivity index (χ0v) is 12.2. The Morgan fingerprint density at radius 3 is 2.67 bits per heavy atom. The van der Waals surface area contributed by atoms with Crippen molar-refractivity contribution in [2.75, 3.05) is 5.32 Å². The third-order valence-corrected chi connectivity index (χ3v) is 3.19. The van der Waals surface area contributed by atoms with Gasteiger partial charge in [-0.2, -0.15) is 18.3 Å². The lowest BCUT2D eigenvalue weighted by Crippen LogP contribution is -2.12. The minimum Gasteiger partial charge on any atom is -0.378 e. The van der Waals surface area contributed by atoms with Gasteiger partial charge in [0.15, 0.2) is 0 Å². The predicted molar refractivity (Wildman–Crippen MR) is 74.2 cm³/mol. The number of anilines is 1. The average Bonchev–Trinajstić information content (AvgIpc) is 2.85. The molecule has 0 atom stereocenters. The van der Waals surface area contributed by atoms with Gasteiger partial charge in [0.2, 0.25) is 0 Å². The van der Waals surface area contributed by atoms with E-state index in [1.165, 1.54) is 18.5 Å². The fourth-order valence-corrected chi connectivity index (χ4v) is 2.09. The van der Waals surface area contributed by atoms with E-state index in [4.69, 9.17) is 11.6 Å². The van der Waals surface area contributed by atoms with Gasteiger partial charge in [-0.1, -0.05) is 11.6 Å². The van der Waals surface area contributed by atoms with Gasteiger partial charge in [0.05, 0.1) is 17.1 Å². The summed E-state index contributed by atoms with van der Waals surface area (Å²) in [5, 5.41) is 6.64. The number of alkyl halides is 3. The molecule has 0 aliphatic rings. The van der Waals surface area contributed by atoms with Crippen molar-refractivity contribution >= 4 is 17.3 Å². The molecule has 2 rings (SSSR count). The lowest BCUT2D eigenvalue weighted by Gasteiger charge is -2.13. The zero-order chi connectivity index (χ0) is 15.6. The Hall–Kier alpha value is -1.76. The van der Waals surface area contributed by atoms with Gasteiger partial charge in [0.25, 0.3) is 0 Å². The molecule has 1 heterocycles. The second kappa shape index (κ2) is 5.93. The molecule has 0 aliphatic heterocycles. The SMILES string of the molecule is CC(C)n1ncnc1CNc1ccc(Cl)c(C(F)(F)F)c1. The van der Waals surface area contributed by atoms with Crippen LogP contribution in [-0.2, 0) is 12.7 Å². The van der Waals surface area contributed by atoms with Crippen molar-refractivity contribution in [3.8, 4) is 0 Å². The van der Waals surface area contributed by atoms with Crippen LogP contribution in [0.2, 0.25) is 5.02 Å². The quantitative estimate of drug-likeness (QED) is 0.921. The maximum Gasteiger partial charge on any atom is 0.417 e. The van der Waals surface area contributed by atoms with Crippen LogP contribution in [0, 0.1) is 0 Å². The van der Waals surface area contributed by atoms with E-state index in [1.807, 2.05) is 13.8 Å². The molecule has 0 saturated heterocycles. The van der Waals surface area contributed by atoms with Crippen molar-refractivity contribution in [3.05, 3.63) is 40.9 Å². The van der Waals surface area contributed by atoms with Gasteiger partial charge in [-0.05, 0) is 32.0 Å². The Balaban J connectivity index is 2.16. The molecule has 0 amide bonds. The third-order valence-electron chi connectivity index (χ3n) is 2.86. The number of hydrogen-bond donors (Lipinski definition) is 1. The van der Waals surface area contributed by atoms with Crippen molar-refractivity contribution in [1.82, 2.24) is 14.8 Å². The van der Waals surface area contributed by atoms with Crippen molar-refractivity contribution in [1.29, 1.82) is 0 Å². The summed E-state index contributed by atoms with van der Waals surface area (Å²) >= 11 is 5.57. The lowest BCUT2D eigenvalue weighted by atomic mass is 10.2. The highest BCUT2D eigenvalue weighted by Gasteiger charge is 2.33. The predicted octanol–water partition coefficient (Wildman–Crippen LogP) is 4.14. The smallest absolute Gasteiger partial charge is 0.378 e. The first-order chi connectivity index (χ1) is 9.79. The Kier molecular flexibility index (Phi) is 4.41. The maximum atomic E-state index is 12.8. The van der Waals surface area contributed by atoms with E-state index in [0.29, 0.717) is 11.5 Å². The first kappa shape index (κ1) is 15.6. The van der Waals surface area contributed by atoms with Crippen LogP contribution < -0.4 is 5.32 Å². The molecule has 0 bridgehead atoms. The molecule has 0 unspecified atom stereocenters. The van der Waals surface area contributed by atoms with E-state index in [-0.39, 0.29) is 17.6 Å². The van der Waals surface area contributed by atoms with Gasteiger partial charge in [-0.3, -0.25) is 0 Å². The molecule has 1 aromatic heterocycles. The van der Waals surface area contributed by atoms with Crippen LogP contribution in [0.25, 0.3) is 0 Å². The highest BCUT2D eigenvalue weighted by molar-refractivity contribution is 6.31. The molecule has 21 heavy (non-hydrogen) atoms. The monoisotopic (exact) mass is 318 g/mol. The molecule has 114 valence electrons. The molecule has 0 fully saturated rings. The lowest BCUT2D eigenvalue weighted by molar-refractivity contribution is -0.137. The zero-order valence-electron chi connectivity index (χ0n) is 11.4. The fraction of sp³-hybridized carbons (Fsp3) is 0.385. The topological polar surface area (TPSA) is 42.7 Å². The molecular formula is C13H14ClF3N4. The number of benzene rings is 1. The van der Waals surface area contributed by atoms with Crippen LogP contribution in [0.4, 0.5) is 18.9 Å². The Morgan fingerprint density at radius 1 is 1.33 bits per heavy atom. The van der Waals surface area contributed by atoms with Crippen molar-refractivity contribution in [2.45, 2.75) is 32.6 Å². The minimum absolute atomic E-state index is 0.125. The summed E-state index contributed by atoms with van der Waals surface area (Å²) < 4.78 is 40.0. The number of hydrogen-bond acceptors (Lipinski definition) is 3. The standard InChI is InChI=1S/C13H14ClF3N4/c1-8(2)21-12(19-7-20-21)6-18-9-3-4-11(14)10(5-9)13(15,16)17/h3-5,7-8,18H,6H2,1-2H3. The molecule has 2 aromatic rings. The van der Waals surface area contributed by atoms with Crippen LogP contribution in [-0.4, -0.2) is 14.8 Å². The fourth-order valence-electron chi connectivity index (χ4n) is 1.87. The van der Waals surface area contributed by atoms with E-state index < -0.39 is 11.7 Å². The molecular weight excluding hydrogens is 305 g/mol. The van der Waals surface area contributed by atoms with Gasteiger partial charge in [-0.25, -0.2) is 9.67 Å². The first-order valence-corrected chi connectivity index (χ1v) is 6.66. The Morgan fingerprint density at radius 2 is 2.05 bits per heavy atom. The van der Waals surface area contributed by atoms with Crippen molar-refractivity contribution in [2.24, 2.45) is 0 Å². The van der Waals surface area contributed by atoms with Gasteiger partial charge in [0.1, 0.15) is 12.2 Å². The number of rotatable bonds is 4. The molecule has 0 radical (unpaired) electrons. The molecule has 1 N–H and O–H groups in total. The highest BCUT2D eigenvalue weighted by atomic mass is 35.5. The van der Waals surface area contributed by atoms with Crippen LogP contribution in [0.15, 0.2) is 24.5 Å². The van der Waals surface area contributed by atoms with E-state index in [2.05, 4.69) is 15.4 Å². The first-order valence-electron chi connectivity index (χ1n) is 6.28. The number of nitrogens with zero attached hydrogens (tertiary/aromatic N) is 3. The Bertz CT molecular complexity index is 622. The number of halogens is 4. The van der Waals surface area contributed by atoms with E-state index in [0.717, 1.165) is 6.07 Å². The summed E-state index contributed by atoms with van der Waals surface area (Å²) in [6, 6.07) is 3.83. The van der Waals surface area contributed by atoms with Gasteiger partial charge < -0.3 is 5.32 Å². The van der Waals surface area contributed by atoms with Crippen molar-refractivity contribution < 1.29 is 13.2 Å². The van der Waals surface area contributed by atoms with Crippen molar-refractivity contribution in [3.63, 3.8) is 0 Å². The number of nitrogens with one attached hydrogen (secondary N) is 1. The summed E-state index contributed by atoms with van der Waals surface area (Å²) in [5.74, 6) is 0.647. The van der Waals surface area contributed by atoms with E-state index in [1.54, 1.807) is 4.68 Å². The molecule has 4 nitrogen and oxygen atoms in total. The summed E-state index contributed by atoms with van der Waals surface area (Å²) in [7, 11) is 0. The average molecular weight is 319 g/mol. The van der Waals surface area contributed by atoms with Gasteiger partial charge in [0, 0.05) is 11.7 Å². The van der Waals surface area contributed by atoms with E-state index in [9.17, 15) is 13.2 Å². The van der Waals surface area contributed by atoms with Crippen LogP contribution >= 0.6 is 11.6 Å². The largest absolute Gasteiger partial charge is 0.417 e. The van der Waals surface area contributed by atoms with E-state index >= 15 is 0 Å². The summed E-state index contributed by atoms with van der Waals surface area (Å²) in [6.07, 6.45) is -3.06. The molecule has 0 spiro atoms. The van der Waals surface area contributed by atoms with Crippen LogP contribution in [0.3, 0.4) is 0 Å². The summed E-state index contributed by atoms with van der Waals surface area (Å²) in [5.41, 5.74) is -0.537. The second-order valence-corrected chi connectivity index (χ2v) is 5.17. The van der Waals surface area contributed by atoms with Gasteiger partial charge in [-0.15, -0.1) is 0 Å². The summed E-state index contributed by atoms with van der Waals surface area (Å²) in [6.45, 7) is 4.17. The second-order valence-electron chi connectivity index (χ2n) is 4.76. The highest BCUT2D eigenvalue weighted by Crippen LogP contribution is 2.36. The number of aromatic nitrogens is 3. The third kappa shape index (κ3) is 3.66. The molecule has 1 aromatic carbocycles. The molecule has 0 aliphatic carbocycles. The van der Waals surface area contributed by atoms with Crippen LogP contribution in [0.1, 0.15) is 31.3 Å². The van der Waals surface area contributed by atoms with Gasteiger partial charge >= 0.3 is 6.18 Å². The van der Waals surface area contributed by atoms with Crippen LogP contribution in [0.5, 0.6) is 0 Å². The molecule has 0 saturated carbocycles. The summed E-state index contributed by atoms with van der Waals surface area (Å²) in [4.78, 5) is 4.08. The Labute approximate surface area is 124 Å².